The van der Waals surface area contributed by atoms with Crippen LogP contribution in [0.25, 0.3) is 0 Å². The highest BCUT2D eigenvalue weighted by molar-refractivity contribution is 5.51. The number of nitrogens with zero attached hydrogens (tertiary/aromatic N) is 1. The number of hydrogen-bond donors (Lipinski definition) is 1. The molecule has 0 aromatic heterocycles. The zero-order valence-electron chi connectivity index (χ0n) is 11.9. The summed E-state index contributed by atoms with van der Waals surface area (Å²) in [4.78, 5) is 2.02. The molecule has 0 saturated carbocycles. The van der Waals surface area contributed by atoms with Gasteiger partial charge in [0, 0.05) is 12.1 Å². The van der Waals surface area contributed by atoms with Gasteiger partial charge in [0.05, 0.1) is 12.2 Å². The van der Waals surface area contributed by atoms with E-state index in [4.69, 9.17) is 10.5 Å². The lowest BCUT2D eigenvalue weighted by Gasteiger charge is -2.23. The van der Waals surface area contributed by atoms with E-state index >= 15 is 0 Å². The number of anilines is 1. The summed E-state index contributed by atoms with van der Waals surface area (Å²) < 4.78 is 20.1. The second-order valence-electron chi connectivity index (χ2n) is 5.20. The van der Waals surface area contributed by atoms with E-state index in [9.17, 15) is 4.39 Å². The predicted molar refractivity (Wildman–Crippen MR) is 82.1 cm³/mol. The van der Waals surface area contributed by atoms with Crippen LogP contribution >= 0.6 is 0 Å². The van der Waals surface area contributed by atoms with Crippen molar-refractivity contribution in [1.82, 2.24) is 0 Å². The van der Waals surface area contributed by atoms with E-state index in [1.807, 2.05) is 41.3 Å². The van der Waals surface area contributed by atoms with E-state index in [0.717, 1.165) is 16.9 Å². The van der Waals surface area contributed by atoms with Gasteiger partial charge in [-0.3, -0.25) is 0 Å². The van der Waals surface area contributed by atoms with Crippen LogP contribution in [0.3, 0.4) is 0 Å². The second kappa shape index (κ2) is 6.14. The largest absolute Gasteiger partial charge is 0.491 e. The van der Waals surface area contributed by atoms with Crippen LogP contribution in [0.2, 0.25) is 0 Å². The molecule has 0 bridgehead atoms. The molecule has 1 aliphatic rings. The fourth-order valence-corrected chi connectivity index (χ4v) is 2.66. The van der Waals surface area contributed by atoms with Gasteiger partial charge in [-0.2, -0.15) is 0 Å². The van der Waals surface area contributed by atoms with Gasteiger partial charge in [0.25, 0.3) is 0 Å². The van der Waals surface area contributed by atoms with Crippen molar-refractivity contribution in [3.63, 3.8) is 0 Å². The molecule has 0 atom stereocenters. The van der Waals surface area contributed by atoms with Crippen LogP contribution in [0.5, 0.6) is 5.75 Å². The van der Waals surface area contributed by atoms with Crippen molar-refractivity contribution >= 4 is 5.69 Å². The maximum absolute atomic E-state index is 14.3. The summed E-state index contributed by atoms with van der Waals surface area (Å²) >= 11 is 0. The third-order valence-electron chi connectivity index (χ3n) is 3.74. The van der Waals surface area contributed by atoms with Gasteiger partial charge in [0.1, 0.15) is 18.2 Å². The topological polar surface area (TPSA) is 38.5 Å². The second-order valence-corrected chi connectivity index (χ2v) is 5.20. The number of benzene rings is 2. The van der Waals surface area contributed by atoms with Gasteiger partial charge >= 0.3 is 0 Å². The van der Waals surface area contributed by atoms with Gasteiger partial charge in [-0.25, -0.2) is 4.39 Å². The molecule has 110 valence electrons. The summed E-state index contributed by atoms with van der Waals surface area (Å²) in [7, 11) is 0. The minimum atomic E-state index is -0.194. The highest BCUT2D eigenvalue weighted by Crippen LogP contribution is 2.28. The molecule has 0 aliphatic carbocycles. The summed E-state index contributed by atoms with van der Waals surface area (Å²) in [6.07, 6.45) is 0.698. The predicted octanol–water partition coefficient (Wildman–Crippen LogP) is 2.73. The van der Waals surface area contributed by atoms with Gasteiger partial charge in [-0.1, -0.05) is 24.3 Å². The van der Waals surface area contributed by atoms with E-state index < -0.39 is 0 Å². The molecular formula is C17H19FN2O. The molecule has 0 saturated heterocycles. The summed E-state index contributed by atoms with van der Waals surface area (Å²) in [6, 6.07) is 13.3. The molecule has 4 heteroatoms. The van der Waals surface area contributed by atoms with Gasteiger partial charge < -0.3 is 15.4 Å². The van der Waals surface area contributed by atoms with Crippen LogP contribution in [-0.2, 0) is 13.0 Å². The van der Waals surface area contributed by atoms with E-state index in [2.05, 4.69) is 0 Å². The molecule has 1 heterocycles. The number of nitrogens with two attached hydrogens (primary N) is 1. The normalized spacial score (nSPS) is 14.3. The Hall–Kier alpha value is -2.07. The molecule has 0 spiro atoms. The van der Waals surface area contributed by atoms with Crippen molar-refractivity contribution < 1.29 is 9.13 Å². The van der Waals surface area contributed by atoms with Crippen LogP contribution < -0.4 is 15.4 Å². The Labute approximate surface area is 124 Å². The fourth-order valence-electron chi connectivity index (χ4n) is 2.66. The molecule has 3 nitrogen and oxygen atoms in total. The number of para-hydroxylation sites is 1. The Balaban J connectivity index is 1.87. The first kappa shape index (κ1) is 13.9. The quantitative estimate of drug-likeness (QED) is 0.943. The number of hydrogen-bond acceptors (Lipinski definition) is 3. The summed E-state index contributed by atoms with van der Waals surface area (Å²) in [5, 5.41) is 0. The zero-order chi connectivity index (χ0) is 14.7. The highest BCUT2D eigenvalue weighted by atomic mass is 19.1. The van der Waals surface area contributed by atoms with Crippen molar-refractivity contribution in [2.24, 2.45) is 5.73 Å². The van der Waals surface area contributed by atoms with Crippen LogP contribution in [-0.4, -0.2) is 19.7 Å². The Morgan fingerprint density at radius 3 is 2.86 bits per heavy atom. The van der Waals surface area contributed by atoms with E-state index in [1.54, 1.807) is 6.07 Å². The monoisotopic (exact) mass is 286 g/mol. The van der Waals surface area contributed by atoms with Gasteiger partial charge in [-0.15, -0.1) is 0 Å². The van der Waals surface area contributed by atoms with Crippen LogP contribution in [0.4, 0.5) is 10.1 Å². The van der Waals surface area contributed by atoms with Gasteiger partial charge in [-0.05, 0) is 36.7 Å². The summed E-state index contributed by atoms with van der Waals surface area (Å²) in [5.41, 5.74) is 8.16. The lowest BCUT2D eigenvalue weighted by molar-refractivity contribution is 0.331. The van der Waals surface area contributed by atoms with Crippen molar-refractivity contribution in [2.75, 3.05) is 24.6 Å². The lowest BCUT2D eigenvalue weighted by atomic mass is 10.1. The fraction of sp³-hybridized carbons (Fsp3) is 0.294. The Morgan fingerprint density at radius 1 is 1.19 bits per heavy atom. The molecule has 2 aromatic carbocycles. The van der Waals surface area contributed by atoms with Gasteiger partial charge in [0.2, 0.25) is 0 Å². The first-order valence-electron chi connectivity index (χ1n) is 7.22. The first-order chi connectivity index (χ1) is 10.3. The summed E-state index contributed by atoms with van der Waals surface area (Å²) in [5.74, 6) is 0.695. The van der Waals surface area contributed by atoms with Crippen molar-refractivity contribution in [3.8, 4) is 5.75 Å². The standard InChI is InChI=1S/C17H19FN2O/c18-15-11-13(7-8-19)5-6-16(15)20-9-10-21-17-4-2-1-3-14(17)12-20/h1-6,11H,7-10,12,19H2. The zero-order valence-corrected chi connectivity index (χ0v) is 11.9. The number of fused-ring (bicyclic) bond motifs is 1. The van der Waals surface area contributed by atoms with Crippen LogP contribution in [0, 0.1) is 5.82 Å². The molecular weight excluding hydrogens is 267 g/mol. The van der Waals surface area contributed by atoms with E-state index in [-0.39, 0.29) is 5.82 Å². The molecule has 0 radical (unpaired) electrons. The molecule has 0 fully saturated rings. The number of rotatable bonds is 3. The molecule has 1 aliphatic heterocycles. The maximum atomic E-state index is 14.3. The minimum absolute atomic E-state index is 0.194. The third-order valence-corrected chi connectivity index (χ3v) is 3.74. The van der Waals surface area contributed by atoms with Crippen LogP contribution in [0.1, 0.15) is 11.1 Å². The Morgan fingerprint density at radius 2 is 2.05 bits per heavy atom. The minimum Gasteiger partial charge on any atom is -0.491 e. The summed E-state index contributed by atoms with van der Waals surface area (Å²) in [6.45, 7) is 2.41. The van der Waals surface area contributed by atoms with Crippen molar-refractivity contribution in [2.45, 2.75) is 13.0 Å². The Kier molecular flexibility index (Phi) is 4.06. The average Bonchev–Trinajstić information content (AvgIpc) is 2.70. The van der Waals surface area contributed by atoms with Gasteiger partial charge in [0.15, 0.2) is 0 Å². The van der Waals surface area contributed by atoms with E-state index in [0.29, 0.717) is 38.3 Å². The Bertz CT molecular complexity index is 630. The smallest absolute Gasteiger partial charge is 0.146 e. The van der Waals surface area contributed by atoms with E-state index in [1.165, 1.54) is 0 Å². The molecule has 3 rings (SSSR count). The third kappa shape index (κ3) is 3.00. The molecule has 2 aromatic rings. The molecule has 2 N–H and O–H groups in total. The molecule has 0 unspecified atom stereocenters. The highest BCUT2D eigenvalue weighted by Gasteiger charge is 2.18. The maximum Gasteiger partial charge on any atom is 0.146 e. The number of halogens is 1. The van der Waals surface area contributed by atoms with Crippen molar-refractivity contribution in [3.05, 3.63) is 59.4 Å². The SMILES string of the molecule is NCCc1ccc(N2CCOc3ccccc3C2)c(F)c1. The molecule has 21 heavy (non-hydrogen) atoms. The van der Waals surface area contributed by atoms with Crippen LogP contribution in [0.15, 0.2) is 42.5 Å². The molecule has 0 amide bonds. The first-order valence-corrected chi connectivity index (χ1v) is 7.22. The van der Waals surface area contributed by atoms with Crippen molar-refractivity contribution in [1.29, 1.82) is 0 Å². The lowest BCUT2D eigenvalue weighted by Crippen LogP contribution is -2.26. The number of ether oxygens (including phenoxy) is 1. The average molecular weight is 286 g/mol.